The minimum absolute atomic E-state index is 0.0689. The zero-order valence-electron chi connectivity index (χ0n) is 12.6. The van der Waals surface area contributed by atoms with Gasteiger partial charge in [-0.1, -0.05) is 24.5 Å². The highest BCUT2D eigenvalue weighted by Gasteiger charge is 2.48. The number of nitrogens with zero attached hydrogens (tertiary/aromatic N) is 2. The van der Waals surface area contributed by atoms with E-state index in [-0.39, 0.29) is 12.1 Å². The molecule has 2 fully saturated rings. The Bertz CT molecular complexity index is 474. The van der Waals surface area contributed by atoms with Gasteiger partial charge in [-0.2, -0.15) is 0 Å². The third-order valence-electron chi connectivity index (χ3n) is 5.30. The zero-order valence-corrected chi connectivity index (χ0v) is 12.6. The van der Waals surface area contributed by atoms with Crippen LogP contribution in [-0.4, -0.2) is 52.1 Å². The molecule has 0 spiro atoms. The van der Waals surface area contributed by atoms with Gasteiger partial charge in [-0.15, -0.1) is 0 Å². The number of carbonyl (C=O) groups is 2. The van der Waals surface area contributed by atoms with Crippen LogP contribution in [0.25, 0.3) is 0 Å². The van der Waals surface area contributed by atoms with Crippen molar-refractivity contribution < 1.29 is 14.7 Å². The summed E-state index contributed by atoms with van der Waals surface area (Å²) in [6, 6.07) is -0.558. The molecular weight excluding hydrogens is 268 g/mol. The maximum Gasteiger partial charge on any atom is 0.326 e. The van der Waals surface area contributed by atoms with Gasteiger partial charge in [-0.05, 0) is 38.5 Å². The average molecular weight is 292 g/mol. The van der Waals surface area contributed by atoms with E-state index in [2.05, 4.69) is 13.0 Å². The number of amides is 2. The van der Waals surface area contributed by atoms with Crippen LogP contribution >= 0.6 is 0 Å². The first-order valence-corrected chi connectivity index (χ1v) is 8.03. The lowest BCUT2D eigenvalue weighted by Crippen LogP contribution is -2.52. The standard InChI is InChI=1S/C16H24N2O3/c1-11-6-8-17(9-7-11)16(21)18-13-5-3-2-4-12(13)10-14(18)15(19)20/h6,12-14H,2-5,7-10H2,1H3,(H,19,20). The van der Waals surface area contributed by atoms with Crippen molar-refractivity contribution in [2.24, 2.45) is 5.92 Å². The molecule has 3 rings (SSSR count). The number of carboxylic acids is 1. The van der Waals surface area contributed by atoms with Gasteiger partial charge in [0.05, 0.1) is 0 Å². The minimum Gasteiger partial charge on any atom is -0.480 e. The third kappa shape index (κ3) is 2.65. The van der Waals surface area contributed by atoms with E-state index < -0.39 is 12.0 Å². The van der Waals surface area contributed by atoms with Crippen molar-refractivity contribution in [3.8, 4) is 0 Å². The molecule has 2 heterocycles. The van der Waals surface area contributed by atoms with Gasteiger partial charge in [-0.3, -0.25) is 0 Å². The number of urea groups is 1. The van der Waals surface area contributed by atoms with Crippen molar-refractivity contribution in [2.75, 3.05) is 13.1 Å². The lowest BCUT2D eigenvalue weighted by molar-refractivity contribution is -0.141. The summed E-state index contributed by atoms with van der Waals surface area (Å²) < 4.78 is 0. The number of aliphatic carboxylic acids is 1. The highest BCUT2D eigenvalue weighted by atomic mass is 16.4. The van der Waals surface area contributed by atoms with Crippen LogP contribution in [0.4, 0.5) is 4.79 Å². The van der Waals surface area contributed by atoms with Crippen LogP contribution in [0.2, 0.25) is 0 Å². The Morgan fingerprint density at radius 2 is 2.05 bits per heavy atom. The van der Waals surface area contributed by atoms with Crippen molar-refractivity contribution in [3.63, 3.8) is 0 Å². The van der Waals surface area contributed by atoms with E-state index in [1.807, 2.05) is 0 Å². The number of fused-ring (bicyclic) bond motifs is 1. The lowest BCUT2D eigenvalue weighted by atomic mass is 9.85. The average Bonchev–Trinajstić information content (AvgIpc) is 2.87. The molecule has 3 aliphatic rings. The summed E-state index contributed by atoms with van der Waals surface area (Å²) in [6.45, 7) is 3.40. The molecule has 21 heavy (non-hydrogen) atoms. The number of carboxylic acid groups (broad SMARTS) is 1. The molecule has 0 aromatic carbocycles. The second-order valence-corrected chi connectivity index (χ2v) is 6.64. The molecule has 0 radical (unpaired) electrons. The summed E-state index contributed by atoms with van der Waals surface area (Å²) in [5.41, 5.74) is 1.31. The van der Waals surface area contributed by atoms with Crippen LogP contribution < -0.4 is 0 Å². The molecule has 0 aromatic rings. The highest BCUT2D eigenvalue weighted by Crippen LogP contribution is 2.40. The molecule has 1 saturated carbocycles. The molecule has 3 unspecified atom stereocenters. The van der Waals surface area contributed by atoms with Crippen LogP contribution in [0, 0.1) is 5.92 Å². The molecule has 5 heteroatoms. The number of hydrogen-bond donors (Lipinski definition) is 1. The second-order valence-electron chi connectivity index (χ2n) is 6.64. The van der Waals surface area contributed by atoms with Gasteiger partial charge in [0.2, 0.25) is 0 Å². The fourth-order valence-corrected chi connectivity index (χ4v) is 4.06. The summed E-state index contributed by atoms with van der Waals surface area (Å²) >= 11 is 0. The minimum atomic E-state index is -0.846. The molecule has 1 N–H and O–H groups in total. The molecule has 0 aromatic heterocycles. The number of likely N-dealkylation sites (tertiary alicyclic amines) is 1. The first-order chi connectivity index (χ1) is 10.1. The van der Waals surface area contributed by atoms with Crippen LogP contribution in [-0.2, 0) is 4.79 Å². The molecule has 5 nitrogen and oxygen atoms in total. The lowest BCUT2D eigenvalue weighted by Gasteiger charge is -2.37. The van der Waals surface area contributed by atoms with Crippen molar-refractivity contribution >= 4 is 12.0 Å². The number of rotatable bonds is 1. The normalized spacial score (nSPS) is 32.6. The quantitative estimate of drug-likeness (QED) is 0.755. The summed E-state index contributed by atoms with van der Waals surface area (Å²) in [5, 5.41) is 9.50. The van der Waals surface area contributed by atoms with Crippen LogP contribution in [0.1, 0.15) is 45.4 Å². The molecule has 2 amide bonds. The van der Waals surface area contributed by atoms with Gasteiger partial charge in [0.25, 0.3) is 0 Å². The summed E-state index contributed by atoms with van der Waals surface area (Å²) in [5.74, 6) is -0.465. The summed E-state index contributed by atoms with van der Waals surface area (Å²) in [4.78, 5) is 27.9. The molecule has 116 valence electrons. The van der Waals surface area contributed by atoms with Crippen LogP contribution in [0.5, 0.6) is 0 Å². The Kier molecular flexibility index (Phi) is 3.91. The maximum atomic E-state index is 12.8. The third-order valence-corrected chi connectivity index (χ3v) is 5.30. The van der Waals surface area contributed by atoms with E-state index in [1.165, 1.54) is 12.0 Å². The largest absolute Gasteiger partial charge is 0.480 e. The first-order valence-electron chi connectivity index (χ1n) is 8.03. The maximum absolute atomic E-state index is 12.8. The fraction of sp³-hybridized carbons (Fsp3) is 0.750. The van der Waals surface area contributed by atoms with E-state index in [0.29, 0.717) is 25.4 Å². The predicted octanol–water partition coefficient (Wildman–Crippen LogP) is 2.48. The van der Waals surface area contributed by atoms with Gasteiger partial charge in [0.15, 0.2) is 0 Å². The fourth-order valence-electron chi connectivity index (χ4n) is 4.06. The van der Waals surface area contributed by atoms with Gasteiger partial charge in [-0.25, -0.2) is 9.59 Å². The summed E-state index contributed by atoms with van der Waals surface area (Å²) in [7, 11) is 0. The topological polar surface area (TPSA) is 60.9 Å². The van der Waals surface area contributed by atoms with Crippen LogP contribution in [0.15, 0.2) is 11.6 Å². The number of hydrogen-bond acceptors (Lipinski definition) is 2. The Morgan fingerprint density at radius 1 is 1.29 bits per heavy atom. The molecule has 3 atom stereocenters. The van der Waals surface area contributed by atoms with E-state index >= 15 is 0 Å². The molecule has 2 aliphatic heterocycles. The second kappa shape index (κ2) is 5.70. The molecule has 1 saturated heterocycles. The number of carbonyl (C=O) groups excluding carboxylic acids is 1. The Hall–Kier alpha value is -1.52. The van der Waals surface area contributed by atoms with E-state index in [0.717, 1.165) is 25.7 Å². The van der Waals surface area contributed by atoms with Crippen molar-refractivity contribution in [1.29, 1.82) is 0 Å². The molecule has 1 aliphatic carbocycles. The highest BCUT2D eigenvalue weighted by molar-refractivity contribution is 5.84. The SMILES string of the molecule is CC1=CCN(C(=O)N2C(C(=O)O)CC3CCCCC32)CC1. The van der Waals surface area contributed by atoms with Gasteiger partial charge in [0.1, 0.15) is 6.04 Å². The van der Waals surface area contributed by atoms with Crippen molar-refractivity contribution in [2.45, 2.75) is 57.5 Å². The van der Waals surface area contributed by atoms with Gasteiger partial charge < -0.3 is 14.9 Å². The predicted molar refractivity (Wildman–Crippen MR) is 79.0 cm³/mol. The molecule has 0 bridgehead atoms. The Labute approximate surface area is 125 Å². The molecular formula is C16H24N2O3. The van der Waals surface area contributed by atoms with E-state index in [4.69, 9.17) is 0 Å². The monoisotopic (exact) mass is 292 g/mol. The van der Waals surface area contributed by atoms with Gasteiger partial charge in [0, 0.05) is 19.1 Å². The van der Waals surface area contributed by atoms with Crippen molar-refractivity contribution in [3.05, 3.63) is 11.6 Å². The van der Waals surface area contributed by atoms with E-state index in [1.54, 1.807) is 9.80 Å². The van der Waals surface area contributed by atoms with Gasteiger partial charge >= 0.3 is 12.0 Å². The Morgan fingerprint density at radius 3 is 2.71 bits per heavy atom. The van der Waals surface area contributed by atoms with Crippen molar-refractivity contribution in [1.82, 2.24) is 9.80 Å². The van der Waals surface area contributed by atoms with E-state index in [9.17, 15) is 14.7 Å². The zero-order chi connectivity index (χ0) is 15.0. The first kappa shape index (κ1) is 14.4. The van der Waals surface area contributed by atoms with Crippen LogP contribution in [0.3, 0.4) is 0 Å². The smallest absolute Gasteiger partial charge is 0.326 e. The Balaban J connectivity index is 1.79. The summed E-state index contributed by atoms with van der Waals surface area (Å²) in [6.07, 6.45) is 7.91.